The van der Waals surface area contributed by atoms with Crippen molar-refractivity contribution in [3.05, 3.63) is 540 Å². The molecule has 0 spiro atoms. The van der Waals surface area contributed by atoms with Crippen molar-refractivity contribution in [2.24, 2.45) is 0 Å². The van der Waals surface area contributed by atoms with Crippen LogP contribution >= 0.6 is 0 Å². The molecule has 0 atom stereocenters. The van der Waals surface area contributed by atoms with Crippen LogP contribution in [-0.4, -0.2) is 4.98 Å². The molecule has 0 radical (unpaired) electrons. The number of aromatic nitrogens is 1. The van der Waals surface area contributed by atoms with E-state index in [0.29, 0.717) is 0 Å². The maximum Gasteiger partial charge on any atom is 0.136 e. The summed E-state index contributed by atoms with van der Waals surface area (Å²) in [5.41, 5.74) is 39.5. The topological polar surface area (TPSA) is 65.5 Å². The van der Waals surface area contributed by atoms with Gasteiger partial charge >= 0.3 is 0 Å². The average molecular weight is 1860 g/mol. The molecule has 0 aliphatic heterocycles. The van der Waals surface area contributed by atoms with Gasteiger partial charge in [0, 0.05) is 60.4 Å². The molecule has 0 aliphatic carbocycles. The molecule has 0 unspecified atom stereocenters. The second-order valence-corrected chi connectivity index (χ2v) is 38.0. The Morgan fingerprint density at radius 3 is 0.678 bits per heavy atom. The molecule has 0 bridgehead atoms. The zero-order valence-corrected chi connectivity index (χ0v) is 79.5. The summed E-state index contributed by atoms with van der Waals surface area (Å²) in [7, 11) is 0. The number of rotatable bonds is 14. The van der Waals surface area contributed by atoms with Crippen LogP contribution in [0.25, 0.3) is 287 Å². The van der Waals surface area contributed by atoms with Gasteiger partial charge in [-0.15, -0.1) is 0 Å². The molecular formula is C141H89NO4. The number of fused-ring (bicyclic) bond motifs is 16. The van der Waals surface area contributed by atoms with Crippen molar-refractivity contribution in [2.45, 2.75) is 0 Å². The third-order valence-corrected chi connectivity index (χ3v) is 29.0. The molecule has 29 rings (SSSR count). The Hall–Kier alpha value is -19.3. The van der Waals surface area contributed by atoms with Crippen LogP contribution in [0.2, 0.25) is 0 Å². The summed E-state index contributed by atoms with van der Waals surface area (Å²) in [6.07, 6.45) is 1.99. The third kappa shape index (κ3) is 16.5. The normalized spacial score (nSPS) is 11.6. The van der Waals surface area contributed by atoms with Crippen LogP contribution in [-0.2, 0) is 0 Å². The Morgan fingerprint density at radius 2 is 0.336 bits per heavy atom. The zero-order chi connectivity index (χ0) is 96.5. The van der Waals surface area contributed by atoms with Crippen molar-refractivity contribution in [2.75, 3.05) is 0 Å². The number of benzene rings is 24. The summed E-state index contributed by atoms with van der Waals surface area (Å²) in [6.45, 7) is 0. The lowest BCUT2D eigenvalue weighted by molar-refractivity contribution is 0.668. The Kier molecular flexibility index (Phi) is 21.6. The number of hydrogen-bond donors (Lipinski definition) is 0. The van der Waals surface area contributed by atoms with E-state index in [1.54, 1.807) is 0 Å². The molecule has 5 nitrogen and oxygen atoms in total. The molecule has 0 saturated carbocycles. The molecule has 0 amide bonds. The van der Waals surface area contributed by atoms with Gasteiger partial charge in [0.2, 0.25) is 0 Å². The van der Waals surface area contributed by atoms with Crippen LogP contribution in [0.4, 0.5) is 0 Å². The standard InChI is InChI=1S/C50H32O.C46H28O2.C45H29NO/c1-2-10-39-28-40(25-22-33(39)8-1)34-16-18-35(19-17-34)42-29-43(36-20-23-38(24-21-36)46-14-7-11-37-9-3-4-12-45(37)46)31-44(30-42)41-26-27-48-47-13-5-6-15-49(47)51-50(48)32-41;1-2-8-32-23-33(18-17-29(32)7-1)30-13-15-31(16-14-30)36-24-37(34-19-21-41-39-9-3-5-11-43(39)47-45(41)27-34)26-38(25-36)35-20-22-42-40-10-4-6-12-44(40)48-46(42)28-35;1-2-8-30(9-3-1)32-14-16-33(17-15-32)38-25-39(36-20-22-42-41-12-6-7-13-44(41)47-45(42)28-36)27-40(26-38)43-23-21-37(29-46-43)35-19-18-31-10-4-5-11-34(31)24-35/h1-32H;1-28H;1-29H. The van der Waals surface area contributed by atoms with Gasteiger partial charge in [-0.25, -0.2) is 0 Å². The summed E-state index contributed by atoms with van der Waals surface area (Å²) in [6, 6.07) is 191. The summed E-state index contributed by atoms with van der Waals surface area (Å²) < 4.78 is 25.2. The summed E-state index contributed by atoms with van der Waals surface area (Å²) in [5.74, 6) is 0. The van der Waals surface area contributed by atoms with Crippen LogP contribution in [0.3, 0.4) is 0 Å². The van der Waals surface area contributed by atoms with Gasteiger partial charge in [-0.05, 0) is 334 Å². The molecule has 24 aromatic carbocycles. The fourth-order valence-electron chi connectivity index (χ4n) is 21.3. The zero-order valence-electron chi connectivity index (χ0n) is 79.5. The lowest BCUT2D eigenvalue weighted by Gasteiger charge is -2.13. The highest BCUT2D eigenvalue weighted by molar-refractivity contribution is 6.11. The maximum absolute atomic E-state index is 6.31. The molecule has 29 aromatic rings. The van der Waals surface area contributed by atoms with Gasteiger partial charge in [-0.2, -0.15) is 0 Å². The van der Waals surface area contributed by atoms with Crippen LogP contribution < -0.4 is 0 Å². The number of pyridine rings is 1. The maximum atomic E-state index is 6.31. The molecule has 0 fully saturated rings. The van der Waals surface area contributed by atoms with Crippen LogP contribution in [0, 0.1) is 0 Å². The van der Waals surface area contributed by atoms with E-state index >= 15 is 0 Å². The quantitative estimate of drug-likeness (QED) is 0.109. The monoisotopic (exact) mass is 1860 g/mol. The highest BCUT2D eigenvalue weighted by atomic mass is 16.3. The van der Waals surface area contributed by atoms with E-state index in [1.165, 1.54) is 110 Å². The third-order valence-electron chi connectivity index (χ3n) is 29.0. The minimum atomic E-state index is 0.890. The van der Waals surface area contributed by atoms with E-state index in [0.717, 1.165) is 177 Å². The predicted molar refractivity (Wildman–Crippen MR) is 612 cm³/mol. The van der Waals surface area contributed by atoms with E-state index in [4.69, 9.17) is 22.7 Å². The summed E-state index contributed by atoms with van der Waals surface area (Å²) in [5, 5.41) is 19.1. The van der Waals surface area contributed by atoms with Crippen molar-refractivity contribution in [3.63, 3.8) is 0 Å². The lowest BCUT2D eigenvalue weighted by atomic mass is 9.91. The SMILES string of the molecule is c1ccc(-c2ccc(-c3cc(-c4ccc5c(c4)oc4ccccc45)cc(-c4ccc(-c5ccc6ccccc6c5)cn4)c3)cc2)cc1.c1ccc2cc(-c3ccc(-c4cc(-c5ccc(-c6cccc7ccccc67)cc5)cc(-c5ccc6c(c5)oc5ccccc56)c4)cc3)ccc2c1.c1ccc2cc(-c3ccc(-c4cc(-c5ccc6c(c5)oc5ccccc56)cc(-c5ccc6c(c5)oc5ccccc56)c4)cc3)ccc2c1. The summed E-state index contributed by atoms with van der Waals surface area (Å²) in [4.78, 5) is 4.99. The first kappa shape index (κ1) is 85.8. The largest absolute Gasteiger partial charge is 0.456 e. The molecule has 0 N–H and O–H groups in total. The fraction of sp³-hybridized carbons (Fsp3) is 0. The van der Waals surface area contributed by atoms with Gasteiger partial charge in [0.05, 0.1) is 5.69 Å². The van der Waals surface area contributed by atoms with Gasteiger partial charge in [-0.1, -0.05) is 382 Å². The van der Waals surface area contributed by atoms with Crippen molar-refractivity contribution in [1.82, 2.24) is 4.98 Å². The second-order valence-electron chi connectivity index (χ2n) is 38.0. The molecule has 682 valence electrons. The average Bonchev–Trinajstić information content (AvgIpc) is 1.59. The fourth-order valence-corrected chi connectivity index (χ4v) is 21.3. The number of furan rings is 4. The van der Waals surface area contributed by atoms with Crippen molar-refractivity contribution >= 4 is 131 Å². The molecule has 0 aliphatic rings. The Bertz CT molecular complexity index is 9960. The first-order valence-electron chi connectivity index (χ1n) is 49.7. The van der Waals surface area contributed by atoms with E-state index < -0.39 is 0 Å². The van der Waals surface area contributed by atoms with E-state index in [9.17, 15) is 0 Å². The Morgan fingerprint density at radius 1 is 0.110 bits per heavy atom. The highest BCUT2D eigenvalue weighted by Crippen LogP contribution is 2.46. The molecule has 5 heterocycles. The van der Waals surface area contributed by atoms with Gasteiger partial charge in [0.25, 0.3) is 0 Å². The minimum Gasteiger partial charge on any atom is -0.456 e. The van der Waals surface area contributed by atoms with Gasteiger partial charge in [0.15, 0.2) is 0 Å². The van der Waals surface area contributed by atoms with Gasteiger partial charge < -0.3 is 17.7 Å². The Balaban J connectivity index is 0.000000109. The van der Waals surface area contributed by atoms with Crippen molar-refractivity contribution < 1.29 is 17.7 Å². The number of hydrogen-bond acceptors (Lipinski definition) is 5. The minimum absolute atomic E-state index is 0.890. The number of nitrogens with zero attached hydrogens (tertiary/aromatic N) is 1. The second kappa shape index (κ2) is 36.7. The molecular weight excluding hydrogens is 1770 g/mol. The van der Waals surface area contributed by atoms with Gasteiger partial charge in [0.1, 0.15) is 44.7 Å². The van der Waals surface area contributed by atoms with Crippen molar-refractivity contribution in [3.8, 4) is 156 Å². The van der Waals surface area contributed by atoms with E-state index in [-0.39, 0.29) is 0 Å². The number of para-hydroxylation sites is 4. The van der Waals surface area contributed by atoms with Gasteiger partial charge in [-0.3, -0.25) is 4.98 Å². The molecule has 146 heavy (non-hydrogen) atoms. The first-order valence-corrected chi connectivity index (χ1v) is 49.7. The van der Waals surface area contributed by atoms with Crippen LogP contribution in [0.15, 0.2) is 558 Å². The highest BCUT2D eigenvalue weighted by Gasteiger charge is 2.21. The molecule has 5 heteroatoms. The molecule has 0 saturated heterocycles. The molecule has 5 aromatic heterocycles. The van der Waals surface area contributed by atoms with E-state index in [2.05, 4.69) is 485 Å². The van der Waals surface area contributed by atoms with Crippen molar-refractivity contribution in [1.29, 1.82) is 0 Å². The Labute approximate surface area is 843 Å². The summed E-state index contributed by atoms with van der Waals surface area (Å²) >= 11 is 0. The smallest absolute Gasteiger partial charge is 0.136 e. The first-order chi connectivity index (χ1) is 72.2. The lowest BCUT2D eigenvalue weighted by Crippen LogP contribution is -1.89. The van der Waals surface area contributed by atoms with Crippen LogP contribution in [0.5, 0.6) is 0 Å². The van der Waals surface area contributed by atoms with E-state index in [1.807, 2.05) is 54.7 Å². The van der Waals surface area contributed by atoms with Crippen LogP contribution in [0.1, 0.15) is 0 Å². The predicted octanol–water partition coefficient (Wildman–Crippen LogP) is 40.0.